The Balaban J connectivity index is 1.21. The van der Waals surface area contributed by atoms with Gasteiger partial charge in [0.1, 0.15) is 24.1 Å². The van der Waals surface area contributed by atoms with Crippen molar-refractivity contribution in [3.8, 4) is 28.7 Å². The van der Waals surface area contributed by atoms with Crippen molar-refractivity contribution >= 4 is 5.97 Å². The highest BCUT2D eigenvalue weighted by molar-refractivity contribution is 5.90. The molecule has 0 aliphatic carbocycles. The molecule has 0 saturated carbocycles. The van der Waals surface area contributed by atoms with Crippen molar-refractivity contribution in [3.63, 3.8) is 0 Å². The molecule has 6 rings (SSSR count). The minimum atomic E-state index is -1.12. The summed E-state index contributed by atoms with van der Waals surface area (Å²) in [5.41, 5.74) is 6.01. The zero-order valence-corrected chi connectivity index (χ0v) is 24.3. The van der Waals surface area contributed by atoms with E-state index in [1.54, 1.807) is 13.0 Å². The first-order valence-electron chi connectivity index (χ1n) is 14.6. The molecule has 0 bridgehead atoms. The number of carboxylic acid groups (broad SMARTS) is 1. The van der Waals surface area contributed by atoms with Crippen LogP contribution in [0.2, 0.25) is 0 Å². The number of alkyl halides is 1. The van der Waals surface area contributed by atoms with Crippen LogP contribution in [0.1, 0.15) is 46.0 Å². The van der Waals surface area contributed by atoms with Crippen molar-refractivity contribution in [2.24, 2.45) is 0 Å². The van der Waals surface area contributed by atoms with Crippen molar-refractivity contribution in [3.05, 3.63) is 88.6 Å². The summed E-state index contributed by atoms with van der Waals surface area (Å²) in [6.07, 6.45) is 1.94. The number of aromatic carboxylic acids is 1. The van der Waals surface area contributed by atoms with E-state index in [0.717, 1.165) is 48.4 Å². The standard InChI is InChI=1S/C33H35FN4O5/c1-3-42-32-26(33(39)40)17-35-38(32)30-9-5-8-28(36-30)25-7-4-6-21(2)31(25)43-19-22-10-11-24-18-37(14-12-23(24)16-22)29-13-15-41-20-27(29)34/h4-11,16-17,27,29H,3,12-15,18-20H2,1-2H3,(H,39,40). The zero-order chi connectivity index (χ0) is 29.9. The predicted octanol–water partition coefficient (Wildman–Crippen LogP) is 5.40. The zero-order valence-electron chi connectivity index (χ0n) is 24.3. The maximum atomic E-state index is 14.5. The highest BCUT2D eigenvalue weighted by atomic mass is 19.1. The van der Waals surface area contributed by atoms with Crippen LogP contribution in [0.5, 0.6) is 11.6 Å². The minimum absolute atomic E-state index is 0.0263. The first kappa shape index (κ1) is 28.8. The Morgan fingerprint density at radius 3 is 2.81 bits per heavy atom. The van der Waals surface area contributed by atoms with Crippen LogP contribution in [0, 0.1) is 6.92 Å². The molecule has 0 amide bonds. The number of carbonyl (C=O) groups is 1. The van der Waals surface area contributed by atoms with Crippen LogP contribution in [-0.4, -0.2) is 69.3 Å². The van der Waals surface area contributed by atoms with Crippen LogP contribution >= 0.6 is 0 Å². The number of pyridine rings is 1. The van der Waals surface area contributed by atoms with E-state index in [1.807, 2.05) is 37.3 Å². The van der Waals surface area contributed by atoms with Gasteiger partial charge in [-0.2, -0.15) is 9.78 Å². The summed E-state index contributed by atoms with van der Waals surface area (Å²) in [5, 5.41) is 13.8. The van der Waals surface area contributed by atoms with Gasteiger partial charge in [-0.1, -0.05) is 36.4 Å². The van der Waals surface area contributed by atoms with Gasteiger partial charge in [-0.25, -0.2) is 14.2 Å². The Kier molecular flexibility index (Phi) is 8.40. The highest BCUT2D eigenvalue weighted by Crippen LogP contribution is 2.34. The van der Waals surface area contributed by atoms with Crippen molar-refractivity contribution in [2.45, 2.75) is 52.1 Å². The smallest absolute Gasteiger partial charge is 0.342 e. The van der Waals surface area contributed by atoms with E-state index in [4.69, 9.17) is 19.2 Å². The van der Waals surface area contributed by atoms with Crippen LogP contribution in [0.25, 0.3) is 17.1 Å². The van der Waals surface area contributed by atoms with Gasteiger partial charge in [0.15, 0.2) is 5.82 Å². The predicted molar refractivity (Wildman–Crippen MR) is 159 cm³/mol. The van der Waals surface area contributed by atoms with Gasteiger partial charge in [0, 0.05) is 31.3 Å². The fraction of sp³-hybridized carbons (Fsp3) is 0.364. The average molecular weight is 587 g/mol. The number of hydrogen-bond donors (Lipinski definition) is 1. The molecule has 2 aromatic heterocycles. The van der Waals surface area contributed by atoms with Crippen LogP contribution < -0.4 is 9.47 Å². The summed E-state index contributed by atoms with van der Waals surface area (Å²) in [7, 11) is 0. The topological polar surface area (TPSA) is 98.9 Å². The third kappa shape index (κ3) is 5.98. The molecule has 2 atom stereocenters. The summed E-state index contributed by atoms with van der Waals surface area (Å²) in [5.74, 6) is 0.173. The van der Waals surface area contributed by atoms with Crippen molar-refractivity contribution in [2.75, 3.05) is 26.4 Å². The van der Waals surface area contributed by atoms with Crippen molar-refractivity contribution in [1.82, 2.24) is 19.7 Å². The van der Waals surface area contributed by atoms with E-state index in [9.17, 15) is 14.3 Å². The summed E-state index contributed by atoms with van der Waals surface area (Å²) >= 11 is 0. The Labute approximate surface area is 249 Å². The van der Waals surface area contributed by atoms with Gasteiger partial charge in [-0.3, -0.25) is 4.90 Å². The Morgan fingerprint density at radius 2 is 2.00 bits per heavy atom. The van der Waals surface area contributed by atoms with Crippen LogP contribution in [-0.2, 0) is 24.3 Å². The van der Waals surface area contributed by atoms with Crippen LogP contribution in [0.4, 0.5) is 4.39 Å². The molecule has 9 nitrogen and oxygen atoms in total. The van der Waals surface area contributed by atoms with Gasteiger partial charge in [0.05, 0.1) is 25.1 Å². The maximum Gasteiger partial charge on any atom is 0.342 e. The average Bonchev–Trinajstić information content (AvgIpc) is 3.44. The molecule has 2 aliphatic rings. The minimum Gasteiger partial charge on any atom is -0.488 e. The third-order valence-corrected chi connectivity index (χ3v) is 8.09. The number of ether oxygens (including phenoxy) is 3. The van der Waals surface area contributed by atoms with Gasteiger partial charge in [0.25, 0.3) is 0 Å². The number of benzene rings is 2. The molecule has 224 valence electrons. The molecule has 10 heteroatoms. The van der Waals surface area contributed by atoms with E-state index in [1.165, 1.54) is 22.0 Å². The molecule has 43 heavy (non-hydrogen) atoms. The van der Waals surface area contributed by atoms with Gasteiger partial charge in [-0.05, 0) is 67.1 Å². The molecular formula is C33H35FN4O5. The quantitative estimate of drug-likeness (QED) is 0.278. The summed E-state index contributed by atoms with van der Waals surface area (Å²) in [6, 6.07) is 17.8. The normalized spacial score (nSPS) is 18.7. The molecule has 2 unspecified atom stereocenters. The molecule has 1 N–H and O–H groups in total. The lowest BCUT2D eigenvalue weighted by Crippen LogP contribution is -2.48. The van der Waals surface area contributed by atoms with Gasteiger partial charge in [0.2, 0.25) is 5.88 Å². The van der Waals surface area contributed by atoms with Crippen molar-refractivity contribution < 1.29 is 28.5 Å². The second kappa shape index (κ2) is 12.5. The SMILES string of the molecule is CCOc1c(C(=O)O)cnn1-c1cccc(-c2cccc(C)c2OCc2ccc3c(c2)CCN(C2CCOCC2F)C3)n1. The number of rotatable bonds is 9. The summed E-state index contributed by atoms with van der Waals surface area (Å²) in [6.45, 7) is 6.85. The second-order valence-corrected chi connectivity index (χ2v) is 10.9. The molecule has 1 saturated heterocycles. The number of aryl methyl sites for hydroxylation is 1. The summed E-state index contributed by atoms with van der Waals surface area (Å²) < 4.78 is 33.2. The van der Waals surface area contributed by atoms with Gasteiger partial charge < -0.3 is 19.3 Å². The lowest BCUT2D eigenvalue weighted by molar-refractivity contribution is -0.0318. The Morgan fingerprint density at radius 1 is 1.14 bits per heavy atom. The van der Waals surface area contributed by atoms with E-state index in [-0.39, 0.29) is 30.7 Å². The number of carboxylic acids is 1. The van der Waals surface area contributed by atoms with E-state index < -0.39 is 12.1 Å². The van der Waals surface area contributed by atoms with E-state index in [0.29, 0.717) is 24.7 Å². The number of aromatic nitrogens is 3. The van der Waals surface area contributed by atoms with Crippen molar-refractivity contribution in [1.29, 1.82) is 0 Å². The maximum absolute atomic E-state index is 14.5. The number of halogens is 1. The molecular weight excluding hydrogens is 551 g/mol. The van der Waals surface area contributed by atoms with Gasteiger partial charge in [-0.15, -0.1) is 0 Å². The number of para-hydroxylation sites is 1. The molecule has 2 aromatic carbocycles. The van der Waals surface area contributed by atoms with E-state index in [2.05, 4.69) is 28.2 Å². The van der Waals surface area contributed by atoms with Gasteiger partial charge >= 0.3 is 5.97 Å². The number of nitrogens with zero attached hydrogens (tertiary/aromatic N) is 4. The number of fused-ring (bicyclic) bond motifs is 1. The fourth-order valence-electron chi connectivity index (χ4n) is 5.92. The third-order valence-electron chi connectivity index (χ3n) is 8.09. The highest BCUT2D eigenvalue weighted by Gasteiger charge is 2.32. The lowest BCUT2D eigenvalue weighted by Gasteiger charge is -2.39. The van der Waals surface area contributed by atoms with Crippen LogP contribution in [0.15, 0.2) is 60.8 Å². The fourth-order valence-corrected chi connectivity index (χ4v) is 5.92. The molecule has 4 aromatic rings. The first-order valence-corrected chi connectivity index (χ1v) is 14.6. The molecule has 0 radical (unpaired) electrons. The Hall–Kier alpha value is -4.28. The molecule has 2 aliphatic heterocycles. The first-order chi connectivity index (χ1) is 20.9. The lowest BCUT2D eigenvalue weighted by atomic mass is 9.94. The Bertz CT molecular complexity index is 1620. The monoisotopic (exact) mass is 586 g/mol. The molecule has 0 spiro atoms. The molecule has 1 fully saturated rings. The van der Waals surface area contributed by atoms with E-state index >= 15 is 0 Å². The molecule has 4 heterocycles. The number of hydrogen-bond acceptors (Lipinski definition) is 7. The largest absolute Gasteiger partial charge is 0.488 e. The second-order valence-electron chi connectivity index (χ2n) is 10.9. The van der Waals surface area contributed by atoms with Crippen LogP contribution in [0.3, 0.4) is 0 Å². The summed E-state index contributed by atoms with van der Waals surface area (Å²) in [4.78, 5) is 18.7.